The number of fused-ring (bicyclic) bond motifs is 6. The minimum atomic E-state index is 0.913. The van der Waals surface area contributed by atoms with Crippen molar-refractivity contribution in [2.75, 3.05) is 0 Å². The maximum absolute atomic E-state index is 6.29. The van der Waals surface area contributed by atoms with Gasteiger partial charge in [-0.15, -0.1) is 0 Å². The molecular weight excluding hydrogens is 520 g/mol. The molecular formula is C42H26O. The van der Waals surface area contributed by atoms with Crippen molar-refractivity contribution in [1.82, 2.24) is 0 Å². The number of hydrogen-bond acceptors (Lipinski definition) is 1. The van der Waals surface area contributed by atoms with E-state index in [2.05, 4.69) is 146 Å². The molecule has 0 aliphatic carbocycles. The first-order valence-corrected chi connectivity index (χ1v) is 14.8. The summed E-state index contributed by atoms with van der Waals surface area (Å²) in [6.45, 7) is 0. The summed E-state index contributed by atoms with van der Waals surface area (Å²) >= 11 is 0. The number of rotatable bonds is 3. The molecule has 9 rings (SSSR count). The van der Waals surface area contributed by atoms with Gasteiger partial charge in [-0.3, -0.25) is 0 Å². The second kappa shape index (κ2) is 9.44. The van der Waals surface area contributed by atoms with Gasteiger partial charge in [0.2, 0.25) is 0 Å². The molecule has 1 nitrogen and oxygen atoms in total. The molecule has 0 amide bonds. The summed E-state index contributed by atoms with van der Waals surface area (Å²) in [4.78, 5) is 0. The van der Waals surface area contributed by atoms with E-state index < -0.39 is 0 Å². The van der Waals surface area contributed by atoms with Crippen molar-refractivity contribution >= 4 is 54.3 Å². The predicted molar refractivity (Wildman–Crippen MR) is 183 cm³/mol. The Hall–Kier alpha value is -5.66. The Kier molecular flexibility index (Phi) is 5.27. The summed E-state index contributed by atoms with van der Waals surface area (Å²) < 4.78 is 6.29. The lowest BCUT2D eigenvalue weighted by molar-refractivity contribution is 0.669. The fourth-order valence-electron chi connectivity index (χ4n) is 6.92. The van der Waals surface area contributed by atoms with Gasteiger partial charge in [-0.05, 0) is 96.0 Å². The third kappa shape index (κ3) is 3.72. The third-order valence-corrected chi connectivity index (χ3v) is 8.84. The summed E-state index contributed by atoms with van der Waals surface area (Å²) in [7, 11) is 0. The first-order chi connectivity index (χ1) is 21.3. The largest absolute Gasteiger partial charge is 0.456 e. The van der Waals surface area contributed by atoms with Crippen LogP contribution in [0.15, 0.2) is 162 Å². The predicted octanol–water partition coefficient (Wildman–Crippen LogP) is 12.0. The van der Waals surface area contributed by atoms with Crippen LogP contribution in [-0.2, 0) is 0 Å². The second-order valence-electron chi connectivity index (χ2n) is 11.3. The zero-order valence-electron chi connectivity index (χ0n) is 23.4. The van der Waals surface area contributed by atoms with Crippen LogP contribution in [0.2, 0.25) is 0 Å². The van der Waals surface area contributed by atoms with Gasteiger partial charge < -0.3 is 4.42 Å². The standard InChI is InChI=1S/C42H26O/c1-2-12-27(13-3-1)41-34-17-6-8-19-36(34)42(37-20-9-7-18-35(37)41)38-25-30(24-29-14-4-5-15-31(29)38)28-22-23-33-32-16-10-11-21-39(32)43-40(33)26-28/h1-26H. The normalized spacial score (nSPS) is 11.7. The topological polar surface area (TPSA) is 13.1 Å². The summed E-state index contributed by atoms with van der Waals surface area (Å²) in [5.74, 6) is 0. The molecule has 43 heavy (non-hydrogen) atoms. The third-order valence-electron chi connectivity index (χ3n) is 8.84. The van der Waals surface area contributed by atoms with Gasteiger partial charge in [0.05, 0.1) is 0 Å². The summed E-state index contributed by atoms with van der Waals surface area (Å²) in [5, 5.41) is 9.82. The first-order valence-electron chi connectivity index (χ1n) is 14.8. The Bertz CT molecular complexity index is 2440. The lowest BCUT2D eigenvalue weighted by Crippen LogP contribution is -1.92. The van der Waals surface area contributed by atoms with E-state index in [1.165, 1.54) is 60.1 Å². The van der Waals surface area contributed by atoms with Gasteiger partial charge in [0.25, 0.3) is 0 Å². The van der Waals surface area contributed by atoms with Crippen LogP contribution in [0.1, 0.15) is 0 Å². The van der Waals surface area contributed by atoms with Crippen molar-refractivity contribution in [2.45, 2.75) is 0 Å². The minimum Gasteiger partial charge on any atom is -0.456 e. The van der Waals surface area contributed by atoms with Gasteiger partial charge >= 0.3 is 0 Å². The second-order valence-corrected chi connectivity index (χ2v) is 11.3. The van der Waals surface area contributed by atoms with Crippen molar-refractivity contribution in [3.8, 4) is 33.4 Å². The molecule has 0 saturated carbocycles. The monoisotopic (exact) mass is 546 g/mol. The molecule has 0 atom stereocenters. The molecule has 0 bridgehead atoms. The van der Waals surface area contributed by atoms with Crippen molar-refractivity contribution in [2.24, 2.45) is 0 Å². The Morgan fingerprint density at radius 3 is 1.58 bits per heavy atom. The molecule has 0 fully saturated rings. The van der Waals surface area contributed by atoms with Gasteiger partial charge in [-0.2, -0.15) is 0 Å². The van der Waals surface area contributed by atoms with E-state index in [0.717, 1.165) is 27.5 Å². The van der Waals surface area contributed by atoms with Crippen LogP contribution in [0, 0.1) is 0 Å². The summed E-state index contributed by atoms with van der Waals surface area (Å²) in [6.07, 6.45) is 0. The molecule has 1 heteroatoms. The zero-order chi connectivity index (χ0) is 28.3. The lowest BCUT2D eigenvalue weighted by Gasteiger charge is -2.19. The SMILES string of the molecule is c1ccc(-c2c3ccccc3c(-c3cc(-c4ccc5c(c4)oc4ccccc45)cc4ccccc34)c3ccccc23)cc1. The highest BCUT2D eigenvalue weighted by molar-refractivity contribution is 6.24. The Balaban J connectivity index is 1.37. The highest BCUT2D eigenvalue weighted by atomic mass is 16.3. The van der Waals surface area contributed by atoms with E-state index in [1.54, 1.807) is 0 Å². The molecule has 0 N–H and O–H groups in total. The van der Waals surface area contributed by atoms with Crippen molar-refractivity contribution in [3.63, 3.8) is 0 Å². The summed E-state index contributed by atoms with van der Waals surface area (Å²) in [5.41, 5.74) is 9.19. The molecule has 0 aliphatic rings. The van der Waals surface area contributed by atoms with E-state index >= 15 is 0 Å². The van der Waals surface area contributed by atoms with Crippen LogP contribution in [0.4, 0.5) is 0 Å². The molecule has 200 valence electrons. The fourth-order valence-corrected chi connectivity index (χ4v) is 6.92. The summed E-state index contributed by atoms with van der Waals surface area (Å²) in [6, 6.07) is 56.9. The van der Waals surface area contributed by atoms with Crippen LogP contribution in [-0.4, -0.2) is 0 Å². The number of furan rings is 1. The zero-order valence-corrected chi connectivity index (χ0v) is 23.4. The average molecular weight is 547 g/mol. The van der Waals surface area contributed by atoms with E-state index in [0.29, 0.717) is 0 Å². The molecule has 0 unspecified atom stereocenters. The van der Waals surface area contributed by atoms with E-state index in [4.69, 9.17) is 4.42 Å². The molecule has 0 aliphatic heterocycles. The number of para-hydroxylation sites is 1. The minimum absolute atomic E-state index is 0.913. The molecule has 0 radical (unpaired) electrons. The van der Waals surface area contributed by atoms with E-state index in [1.807, 2.05) is 12.1 Å². The first kappa shape index (κ1) is 24.0. The highest BCUT2D eigenvalue weighted by Crippen LogP contribution is 2.46. The molecule has 1 heterocycles. The van der Waals surface area contributed by atoms with Crippen LogP contribution >= 0.6 is 0 Å². The Morgan fingerprint density at radius 1 is 0.302 bits per heavy atom. The molecule has 0 saturated heterocycles. The van der Waals surface area contributed by atoms with E-state index in [-0.39, 0.29) is 0 Å². The van der Waals surface area contributed by atoms with Gasteiger partial charge in [0.1, 0.15) is 11.2 Å². The lowest BCUT2D eigenvalue weighted by atomic mass is 9.84. The van der Waals surface area contributed by atoms with E-state index in [9.17, 15) is 0 Å². The quantitative estimate of drug-likeness (QED) is 0.201. The Morgan fingerprint density at radius 2 is 0.860 bits per heavy atom. The Labute approximate surface area is 249 Å². The van der Waals surface area contributed by atoms with Crippen molar-refractivity contribution in [1.29, 1.82) is 0 Å². The molecule has 1 aromatic heterocycles. The van der Waals surface area contributed by atoms with Crippen molar-refractivity contribution < 1.29 is 4.42 Å². The maximum Gasteiger partial charge on any atom is 0.136 e. The van der Waals surface area contributed by atoms with Gasteiger partial charge in [-0.25, -0.2) is 0 Å². The molecule has 0 spiro atoms. The van der Waals surface area contributed by atoms with Crippen LogP contribution in [0.25, 0.3) is 87.6 Å². The number of hydrogen-bond donors (Lipinski definition) is 0. The maximum atomic E-state index is 6.29. The van der Waals surface area contributed by atoms with Gasteiger partial charge in [-0.1, -0.05) is 127 Å². The van der Waals surface area contributed by atoms with Gasteiger partial charge in [0, 0.05) is 10.8 Å². The van der Waals surface area contributed by atoms with Gasteiger partial charge in [0.15, 0.2) is 0 Å². The smallest absolute Gasteiger partial charge is 0.136 e. The fraction of sp³-hybridized carbons (Fsp3) is 0. The number of benzene rings is 8. The average Bonchev–Trinajstić information content (AvgIpc) is 3.45. The van der Waals surface area contributed by atoms with Crippen LogP contribution < -0.4 is 0 Å². The van der Waals surface area contributed by atoms with Crippen molar-refractivity contribution in [3.05, 3.63) is 158 Å². The molecule has 8 aromatic carbocycles. The highest BCUT2D eigenvalue weighted by Gasteiger charge is 2.19. The van der Waals surface area contributed by atoms with Crippen LogP contribution in [0.5, 0.6) is 0 Å². The van der Waals surface area contributed by atoms with Crippen LogP contribution in [0.3, 0.4) is 0 Å². The molecule has 9 aromatic rings.